The number of aliphatic carboxylic acids is 1. The van der Waals surface area contributed by atoms with E-state index in [1.54, 1.807) is 12.1 Å². The highest BCUT2D eigenvalue weighted by atomic mass is 32.2. The van der Waals surface area contributed by atoms with Gasteiger partial charge in [-0.3, -0.25) is 14.4 Å². The summed E-state index contributed by atoms with van der Waals surface area (Å²) in [5, 5.41) is 24.2. The first-order chi connectivity index (χ1) is 17.2. The van der Waals surface area contributed by atoms with Gasteiger partial charge in [-0.2, -0.15) is 23.5 Å². The molecule has 0 aliphatic carbocycles. The minimum Gasteiger partial charge on any atom is -0.508 e. The number of amides is 3. The van der Waals surface area contributed by atoms with E-state index >= 15 is 0 Å². The van der Waals surface area contributed by atoms with Crippen molar-refractivity contribution in [1.29, 1.82) is 0 Å². The minimum atomic E-state index is -1.12. The van der Waals surface area contributed by atoms with Gasteiger partial charge in [0, 0.05) is 6.54 Å². The zero-order chi connectivity index (χ0) is 26.7. The van der Waals surface area contributed by atoms with Gasteiger partial charge in [-0.15, -0.1) is 0 Å². The van der Waals surface area contributed by atoms with Crippen LogP contribution < -0.4 is 16.4 Å². The quantitative estimate of drug-likeness (QED) is 0.230. The number of nitrogens with two attached hydrogens (primary N) is 1. The fourth-order valence-corrected chi connectivity index (χ4v) is 4.97. The first-order valence-electron chi connectivity index (χ1n) is 11.8. The van der Waals surface area contributed by atoms with Crippen molar-refractivity contribution in [3.05, 3.63) is 29.8 Å². The monoisotopic (exact) mass is 540 g/mol. The molecule has 6 N–H and O–H groups in total. The minimum absolute atomic E-state index is 0.119. The van der Waals surface area contributed by atoms with Crippen LogP contribution in [0.25, 0.3) is 0 Å². The average molecular weight is 541 g/mol. The van der Waals surface area contributed by atoms with E-state index in [-0.39, 0.29) is 24.5 Å². The van der Waals surface area contributed by atoms with Gasteiger partial charge >= 0.3 is 5.97 Å². The second-order valence-corrected chi connectivity index (χ2v) is 10.7. The number of hydrogen-bond donors (Lipinski definition) is 5. The average Bonchev–Trinajstić information content (AvgIpc) is 3.34. The van der Waals surface area contributed by atoms with Gasteiger partial charge < -0.3 is 31.5 Å². The summed E-state index contributed by atoms with van der Waals surface area (Å²) in [6.07, 6.45) is 5.67. The van der Waals surface area contributed by atoms with E-state index in [0.29, 0.717) is 37.3 Å². The van der Waals surface area contributed by atoms with Gasteiger partial charge in [-0.25, -0.2) is 4.79 Å². The van der Waals surface area contributed by atoms with Gasteiger partial charge in [-0.1, -0.05) is 12.1 Å². The molecule has 1 fully saturated rings. The molecular weight excluding hydrogens is 504 g/mol. The van der Waals surface area contributed by atoms with E-state index in [9.17, 15) is 29.4 Å². The third-order valence-electron chi connectivity index (χ3n) is 6.02. The van der Waals surface area contributed by atoms with Gasteiger partial charge in [0.2, 0.25) is 17.7 Å². The van der Waals surface area contributed by atoms with E-state index in [4.69, 9.17) is 5.73 Å². The number of hydrogen-bond acceptors (Lipinski definition) is 8. The fraction of sp³-hybridized carbons (Fsp3) is 0.583. The summed E-state index contributed by atoms with van der Waals surface area (Å²) in [4.78, 5) is 52.2. The lowest BCUT2D eigenvalue weighted by Crippen LogP contribution is -2.57. The molecule has 36 heavy (non-hydrogen) atoms. The van der Waals surface area contributed by atoms with Crippen molar-refractivity contribution in [2.45, 2.75) is 56.3 Å². The van der Waals surface area contributed by atoms with Crippen LogP contribution in [0.1, 0.15) is 31.2 Å². The summed E-state index contributed by atoms with van der Waals surface area (Å²) < 4.78 is 0. The highest BCUT2D eigenvalue weighted by Crippen LogP contribution is 2.20. The number of carbonyl (C=O) groups is 4. The van der Waals surface area contributed by atoms with Crippen LogP contribution in [0.4, 0.5) is 0 Å². The molecule has 1 heterocycles. The number of aromatic hydroxyl groups is 1. The summed E-state index contributed by atoms with van der Waals surface area (Å²) in [5.41, 5.74) is 6.95. The summed E-state index contributed by atoms with van der Waals surface area (Å²) in [6.45, 7) is 0.387. The zero-order valence-electron chi connectivity index (χ0n) is 20.6. The Morgan fingerprint density at radius 1 is 1.06 bits per heavy atom. The van der Waals surface area contributed by atoms with Gasteiger partial charge in [0.25, 0.3) is 0 Å². The Hall–Kier alpha value is -2.44. The SMILES string of the molecule is CSCCC(NC(=O)C(CCSC)NC(=O)C1CCCN1C(=O)C(N)Cc1ccc(O)cc1)C(=O)O. The van der Waals surface area contributed by atoms with E-state index in [0.717, 1.165) is 5.56 Å². The summed E-state index contributed by atoms with van der Waals surface area (Å²) in [7, 11) is 0. The highest BCUT2D eigenvalue weighted by molar-refractivity contribution is 7.98. The summed E-state index contributed by atoms with van der Waals surface area (Å²) in [5.74, 6) is -1.19. The number of rotatable bonds is 14. The second-order valence-electron chi connectivity index (χ2n) is 8.69. The smallest absolute Gasteiger partial charge is 0.326 e. The standard InChI is InChI=1S/C24H36N4O6S2/c1-35-12-9-18(21(30)27-19(24(33)34)10-13-36-2)26-22(31)20-4-3-11-28(20)23(32)17(25)14-15-5-7-16(29)8-6-15/h5-8,17-20,29H,3-4,9-14,25H2,1-2H3,(H,26,31)(H,27,30)(H,33,34). The molecule has 3 amide bonds. The number of carboxylic acid groups (broad SMARTS) is 1. The molecular formula is C24H36N4O6S2. The maximum Gasteiger partial charge on any atom is 0.326 e. The maximum absolute atomic E-state index is 13.2. The van der Waals surface area contributed by atoms with Crippen LogP contribution in [-0.4, -0.2) is 93.5 Å². The van der Waals surface area contributed by atoms with Crippen LogP contribution in [0.3, 0.4) is 0 Å². The summed E-state index contributed by atoms with van der Waals surface area (Å²) >= 11 is 2.99. The molecule has 0 spiro atoms. The van der Waals surface area contributed by atoms with Gasteiger partial charge in [0.05, 0.1) is 6.04 Å². The molecule has 1 aromatic rings. The number of thioether (sulfide) groups is 2. The van der Waals surface area contributed by atoms with Crippen molar-refractivity contribution >= 4 is 47.2 Å². The van der Waals surface area contributed by atoms with Crippen molar-refractivity contribution in [2.24, 2.45) is 5.73 Å². The third kappa shape index (κ3) is 8.90. The Kier molecular flexibility index (Phi) is 12.4. The Balaban J connectivity index is 2.05. The van der Waals surface area contributed by atoms with Crippen LogP contribution >= 0.6 is 23.5 Å². The molecule has 1 saturated heterocycles. The Bertz CT molecular complexity index is 901. The zero-order valence-corrected chi connectivity index (χ0v) is 22.3. The molecule has 10 nitrogen and oxygen atoms in total. The highest BCUT2D eigenvalue weighted by Gasteiger charge is 2.37. The summed E-state index contributed by atoms with van der Waals surface area (Å²) in [6, 6.07) is 2.86. The van der Waals surface area contributed by atoms with E-state index < -0.39 is 42.0 Å². The number of benzene rings is 1. The largest absolute Gasteiger partial charge is 0.508 e. The lowest BCUT2D eigenvalue weighted by atomic mass is 10.0. The van der Waals surface area contributed by atoms with E-state index in [1.165, 1.54) is 40.6 Å². The van der Waals surface area contributed by atoms with Crippen molar-refractivity contribution in [2.75, 3.05) is 30.6 Å². The van der Waals surface area contributed by atoms with Crippen molar-refractivity contribution < 1.29 is 29.4 Å². The third-order valence-corrected chi connectivity index (χ3v) is 7.30. The number of phenolic OH excluding ortho intramolecular Hbond substituents is 1. The van der Waals surface area contributed by atoms with Crippen molar-refractivity contribution in [3.8, 4) is 5.75 Å². The van der Waals surface area contributed by atoms with Gasteiger partial charge in [0.15, 0.2) is 0 Å². The van der Waals surface area contributed by atoms with Crippen LogP contribution in [0.15, 0.2) is 24.3 Å². The molecule has 0 aromatic heterocycles. The molecule has 1 aromatic carbocycles. The maximum atomic E-state index is 13.2. The van der Waals surface area contributed by atoms with E-state index in [2.05, 4.69) is 10.6 Å². The Morgan fingerprint density at radius 2 is 1.67 bits per heavy atom. The number of carboxylic acids is 1. The van der Waals surface area contributed by atoms with Crippen LogP contribution in [0, 0.1) is 0 Å². The molecule has 0 bridgehead atoms. The number of nitrogens with one attached hydrogen (secondary N) is 2. The fourth-order valence-electron chi connectivity index (χ4n) is 4.03. The molecule has 0 saturated carbocycles. The van der Waals surface area contributed by atoms with Crippen LogP contribution in [0.2, 0.25) is 0 Å². The first-order valence-corrected chi connectivity index (χ1v) is 14.6. The molecule has 4 atom stereocenters. The molecule has 12 heteroatoms. The Morgan fingerprint density at radius 3 is 2.25 bits per heavy atom. The van der Waals surface area contributed by atoms with Gasteiger partial charge in [0.1, 0.15) is 23.9 Å². The van der Waals surface area contributed by atoms with Gasteiger partial charge in [-0.05, 0) is 73.8 Å². The molecule has 200 valence electrons. The van der Waals surface area contributed by atoms with Crippen molar-refractivity contribution in [3.63, 3.8) is 0 Å². The predicted octanol–water partition coefficient (Wildman–Crippen LogP) is 0.813. The van der Waals surface area contributed by atoms with E-state index in [1.807, 2.05) is 12.5 Å². The Labute approximate surface area is 220 Å². The van der Waals surface area contributed by atoms with Crippen LogP contribution in [0.5, 0.6) is 5.75 Å². The number of phenols is 1. The predicted molar refractivity (Wildman–Crippen MR) is 142 cm³/mol. The topological polar surface area (TPSA) is 162 Å². The molecule has 1 aliphatic rings. The molecule has 0 radical (unpaired) electrons. The molecule has 4 unspecified atom stereocenters. The molecule has 2 rings (SSSR count). The normalized spacial score (nSPS) is 17.8. The lowest BCUT2D eigenvalue weighted by molar-refractivity contribution is -0.143. The molecule has 1 aliphatic heterocycles. The number of likely N-dealkylation sites (tertiary alicyclic amines) is 1. The lowest BCUT2D eigenvalue weighted by Gasteiger charge is -2.28. The van der Waals surface area contributed by atoms with Crippen molar-refractivity contribution in [1.82, 2.24) is 15.5 Å². The van der Waals surface area contributed by atoms with Crippen LogP contribution in [-0.2, 0) is 25.6 Å². The first kappa shape index (κ1) is 29.8. The second kappa shape index (κ2) is 15.0. The number of nitrogens with zero attached hydrogens (tertiary/aromatic N) is 1. The number of carbonyl (C=O) groups excluding carboxylic acids is 3.